The Hall–Kier alpha value is -1.11. The Labute approximate surface area is 147 Å². The molecule has 6 nitrogen and oxygen atoms in total. The first-order valence-corrected chi connectivity index (χ1v) is 8.32. The van der Waals surface area contributed by atoms with Gasteiger partial charge in [-0.3, -0.25) is 5.41 Å². The first kappa shape index (κ1) is 21.9. The molecule has 0 saturated heterocycles. The second-order valence-corrected chi connectivity index (χ2v) is 8.71. The zero-order valence-electron chi connectivity index (χ0n) is 15.5. The van der Waals surface area contributed by atoms with Crippen molar-refractivity contribution in [3.05, 3.63) is 0 Å². The van der Waals surface area contributed by atoms with Gasteiger partial charge < -0.3 is 9.47 Å². The third kappa shape index (κ3) is 6.12. The van der Waals surface area contributed by atoms with Gasteiger partial charge in [-0.15, -0.1) is 0 Å². The zero-order valence-corrected chi connectivity index (χ0v) is 17.1. The Balaban J connectivity index is 5.94. The minimum Gasteiger partial charge on any atom is -0.443 e. The smallest absolute Gasteiger partial charge is 0.420 e. The highest BCUT2D eigenvalue weighted by atomic mass is 79.9. The quantitative estimate of drug-likeness (QED) is 0.689. The molecule has 0 aromatic rings. The van der Waals surface area contributed by atoms with Crippen molar-refractivity contribution in [2.75, 3.05) is 0 Å². The molecule has 0 radical (unpaired) electrons. The second-order valence-electron chi connectivity index (χ2n) is 7.91. The molecule has 1 N–H and O–H groups in total. The summed E-state index contributed by atoms with van der Waals surface area (Å²) < 4.78 is 10.7. The van der Waals surface area contributed by atoms with E-state index in [-0.39, 0.29) is 10.5 Å². The molecule has 23 heavy (non-hydrogen) atoms. The fourth-order valence-corrected chi connectivity index (χ4v) is 2.31. The minimum absolute atomic E-state index is 0.00304. The molecule has 0 saturated carbocycles. The summed E-state index contributed by atoms with van der Waals surface area (Å²) in [6.07, 6.45) is -1.68. The normalized spacial score (nSPS) is 14.9. The largest absolute Gasteiger partial charge is 0.443 e. The summed E-state index contributed by atoms with van der Waals surface area (Å²) in [5, 5.41) is 8.02. The van der Waals surface area contributed by atoms with Gasteiger partial charge in [0.15, 0.2) is 0 Å². The van der Waals surface area contributed by atoms with E-state index in [1.165, 1.54) is 0 Å². The van der Waals surface area contributed by atoms with Crippen LogP contribution in [0, 0.1) is 11.3 Å². The average Bonchev–Trinajstić information content (AvgIpc) is 2.22. The van der Waals surface area contributed by atoms with Crippen molar-refractivity contribution in [1.29, 1.82) is 5.41 Å². The van der Waals surface area contributed by atoms with E-state index in [4.69, 9.17) is 14.9 Å². The maximum absolute atomic E-state index is 12.6. The van der Waals surface area contributed by atoms with Crippen LogP contribution < -0.4 is 0 Å². The van der Waals surface area contributed by atoms with E-state index in [2.05, 4.69) is 15.9 Å². The number of imide groups is 1. The standard InChI is InChI=1S/C16H29BrN2O4/c1-10(2)16(9,11(17)18)19(12(20)22-14(3,4)5)13(21)23-15(6,7)8/h10,18H,1-9H3/t16-/m1/s1. The summed E-state index contributed by atoms with van der Waals surface area (Å²) in [7, 11) is 0. The number of nitrogens with one attached hydrogen (secondary N) is 1. The molecule has 7 heteroatoms. The summed E-state index contributed by atoms with van der Waals surface area (Å²) in [5.41, 5.74) is -2.77. The van der Waals surface area contributed by atoms with Gasteiger partial charge in [0.05, 0.1) is 0 Å². The number of halogens is 1. The Morgan fingerprint density at radius 3 is 1.39 bits per heavy atom. The molecule has 0 heterocycles. The predicted molar refractivity (Wildman–Crippen MR) is 94.2 cm³/mol. The molecule has 0 aliphatic heterocycles. The molecule has 134 valence electrons. The molecule has 0 bridgehead atoms. The molecule has 0 fully saturated rings. The van der Waals surface area contributed by atoms with Crippen LogP contribution in [0.1, 0.15) is 62.3 Å². The summed E-state index contributed by atoms with van der Waals surface area (Å²) in [6.45, 7) is 15.5. The van der Waals surface area contributed by atoms with Crippen molar-refractivity contribution < 1.29 is 19.1 Å². The highest BCUT2D eigenvalue weighted by molar-refractivity contribution is 9.18. The van der Waals surface area contributed by atoms with Gasteiger partial charge in [-0.05, 0) is 70.3 Å². The van der Waals surface area contributed by atoms with Crippen LogP contribution >= 0.6 is 15.9 Å². The van der Waals surface area contributed by atoms with E-state index in [1.807, 2.05) is 13.8 Å². The lowest BCUT2D eigenvalue weighted by atomic mass is 9.88. The monoisotopic (exact) mass is 392 g/mol. The number of ether oxygens (including phenoxy) is 2. The molecule has 0 rings (SSSR count). The van der Waals surface area contributed by atoms with Gasteiger partial charge >= 0.3 is 12.2 Å². The van der Waals surface area contributed by atoms with Crippen LogP contribution in [0.4, 0.5) is 9.59 Å². The Kier molecular flexibility index (Phi) is 6.85. The van der Waals surface area contributed by atoms with E-state index >= 15 is 0 Å². The van der Waals surface area contributed by atoms with Crippen LogP contribution in [0.2, 0.25) is 0 Å². The molecule has 1 atom stereocenters. The maximum Gasteiger partial charge on any atom is 0.420 e. The van der Waals surface area contributed by atoms with Crippen molar-refractivity contribution in [2.45, 2.75) is 79.1 Å². The lowest BCUT2D eigenvalue weighted by Crippen LogP contribution is -2.60. The first-order chi connectivity index (χ1) is 10.0. The number of hydrogen-bond acceptors (Lipinski definition) is 5. The van der Waals surface area contributed by atoms with E-state index in [0.717, 1.165) is 4.90 Å². The Morgan fingerprint density at radius 2 is 1.22 bits per heavy atom. The molecule has 0 spiro atoms. The lowest BCUT2D eigenvalue weighted by Gasteiger charge is -2.42. The molecular weight excluding hydrogens is 364 g/mol. The molecule has 0 aromatic carbocycles. The number of amides is 2. The number of carbonyl (C=O) groups excluding carboxylic acids is 2. The highest BCUT2D eigenvalue weighted by Crippen LogP contribution is 2.32. The first-order valence-electron chi connectivity index (χ1n) is 7.53. The molecule has 0 unspecified atom stereocenters. The van der Waals surface area contributed by atoms with Crippen LogP contribution in [0.3, 0.4) is 0 Å². The second kappa shape index (κ2) is 7.20. The Morgan fingerprint density at radius 1 is 0.913 bits per heavy atom. The number of hydrogen-bond donors (Lipinski definition) is 1. The van der Waals surface area contributed by atoms with Crippen LogP contribution in [-0.2, 0) is 9.47 Å². The SMILES string of the molecule is CC(C)[C@](C)(C(=N)Br)N(C(=O)OC(C)(C)C)C(=O)OC(C)(C)C. The zero-order chi connectivity index (χ0) is 18.8. The summed E-state index contributed by atoms with van der Waals surface area (Å²) >= 11 is 3.12. The van der Waals surface area contributed by atoms with Gasteiger partial charge in [0.2, 0.25) is 0 Å². The van der Waals surface area contributed by atoms with E-state index < -0.39 is 28.9 Å². The number of carbonyl (C=O) groups is 2. The summed E-state index contributed by atoms with van der Waals surface area (Å²) in [6, 6.07) is 0. The van der Waals surface area contributed by atoms with Gasteiger partial charge in [-0.2, -0.15) is 4.90 Å². The van der Waals surface area contributed by atoms with E-state index in [1.54, 1.807) is 48.5 Å². The van der Waals surface area contributed by atoms with Crippen LogP contribution in [0.15, 0.2) is 0 Å². The Bertz CT molecular complexity index is 449. The van der Waals surface area contributed by atoms with Gasteiger partial charge in [0.25, 0.3) is 0 Å². The maximum atomic E-state index is 12.6. The lowest BCUT2D eigenvalue weighted by molar-refractivity contribution is -0.0173. The van der Waals surface area contributed by atoms with Crippen molar-refractivity contribution in [1.82, 2.24) is 4.90 Å². The highest BCUT2D eigenvalue weighted by Gasteiger charge is 2.48. The average molecular weight is 393 g/mol. The van der Waals surface area contributed by atoms with Crippen molar-refractivity contribution in [3.63, 3.8) is 0 Å². The number of rotatable bonds is 3. The van der Waals surface area contributed by atoms with Crippen molar-refractivity contribution in [3.8, 4) is 0 Å². The molecule has 2 amide bonds. The molecule has 0 aliphatic carbocycles. The predicted octanol–water partition coefficient (Wildman–Crippen LogP) is 4.95. The van der Waals surface area contributed by atoms with Gasteiger partial charge in [-0.1, -0.05) is 13.8 Å². The third-order valence-electron chi connectivity index (χ3n) is 3.19. The van der Waals surface area contributed by atoms with E-state index in [0.29, 0.717) is 0 Å². The van der Waals surface area contributed by atoms with Crippen molar-refractivity contribution in [2.24, 2.45) is 5.92 Å². The summed E-state index contributed by atoms with van der Waals surface area (Å²) in [5.74, 6) is -0.227. The molecule has 0 aromatic heterocycles. The fraction of sp³-hybridized carbons (Fsp3) is 0.812. The minimum atomic E-state index is -1.22. The van der Waals surface area contributed by atoms with Gasteiger partial charge in [0.1, 0.15) is 21.4 Å². The fourth-order valence-electron chi connectivity index (χ4n) is 1.68. The van der Waals surface area contributed by atoms with Crippen molar-refractivity contribution >= 4 is 32.7 Å². The number of nitrogens with zero attached hydrogens (tertiary/aromatic N) is 1. The van der Waals surface area contributed by atoms with E-state index in [9.17, 15) is 9.59 Å². The van der Waals surface area contributed by atoms with Gasteiger partial charge in [0, 0.05) is 0 Å². The third-order valence-corrected chi connectivity index (χ3v) is 3.99. The topological polar surface area (TPSA) is 79.7 Å². The van der Waals surface area contributed by atoms with Crippen LogP contribution in [-0.4, -0.2) is 38.4 Å². The molecule has 0 aliphatic rings. The summed E-state index contributed by atoms with van der Waals surface area (Å²) in [4.78, 5) is 26.1. The van der Waals surface area contributed by atoms with Crippen LogP contribution in [0.25, 0.3) is 0 Å². The van der Waals surface area contributed by atoms with Gasteiger partial charge in [-0.25, -0.2) is 9.59 Å². The van der Waals surface area contributed by atoms with Crippen LogP contribution in [0.5, 0.6) is 0 Å². The molecular formula is C16H29BrN2O4.